The highest BCUT2D eigenvalue weighted by atomic mass is 79.9. The zero-order valence-electron chi connectivity index (χ0n) is 12.8. The number of rotatable bonds is 5. The molecule has 2 heterocycles. The van der Waals surface area contributed by atoms with Crippen LogP contribution in [0.4, 0.5) is 5.69 Å². The van der Waals surface area contributed by atoms with Crippen molar-refractivity contribution in [2.75, 3.05) is 38.1 Å². The van der Waals surface area contributed by atoms with Crippen LogP contribution in [0.25, 0.3) is 0 Å². The van der Waals surface area contributed by atoms with Gasteiger partial charge in [-0.1, -0.05) is 13.8 Å². The number of anilines is 1. The fourth-order valence-electron chi connectivity index (χ4n) is 2.44. The summed E-state index contributed by atoms with van der Waals surface area (Å²) in [6, 6.07) is 0. The second-order valence-electron chi connectivity index (χ2n) is 5.83. The highest BCUT2D eigenvalue weighted by molar-refractivity contribution is 9.10. The molecule has 0 amide bonds. The summed E-state index contributed by atoms with van der Waals surface area (Å²) in [5.41, 5.74) is 0.564. The molecular formula is C14H23BrN4O2. The van der Waals surface area contributed by atoms with E-state index in [0.29, 0.717) is 22.6 Å². The molecule has 0 radical (unpaired) electrons. The molecule has 1 atom stereocenters. The van der Waals surface area contributed by atoms with Crippen LogP contribution in [0.5, 0.6) is 0 Å². The second-order valence-corrected chi connectivity index (χ2v) is 6.62. The fourth-order valence-corrected chi connectivity index (χ4v) is 2.94. The third-order valence-corrected chi connectivity index (χ3v) is 4.21. The number of nitrogens with one attached hydrogen (secondary N) is 1. The Balaban J connectivity index is 1.91. The van der Waals surface area contributed by atoms with Gasteiger partial charge in [-0.3, -0.25) is 9.69 Å². The maximum atomic E-state index is 11.8. The summed E-state index contributed by atoms with van der Waals surface area (Å²) in [7, 11) is 1.63. The van der Waals surface area contributed by atoms with Crippen LogP contribution in [-0.2, 0) is 11.8 Å². The average molecular weight is 359 g/mol. The number of nitrogens with zero attached hydrogens (tertiary/aromatic N) is 3. The van der Waals surface area contributed by atoms with E-state index in [4.69, 9.17) is 4.74 Å². The second kappa shape index (κ2) is 7.38. The quantitative estimate of drug-likeness (QED) is 0.859. The monoisotopic (exact) mass is 358 g/mol. The van der Waals surface area contributed by atoms with E-state index in [0.717, 1.165) is 26.2 Å². The van der Waals surface area contributed by atoms with Gasteiger partial charge in [0.1, 0.15) is 4.47 Å². The van der Waals surface area contributed by atoms with Gasteiger partial charge in [0.2, 0.25) is 0 Å². The lowest BCUT2D eigenvalue weighted by Gasteiger charge is -2.34. The van der Waals surface area contributed by atoms with Crippen LogP contribution in [0.1, 0.15) is 13.8 Å². The molecule has 1 aromatic rings. The summed E-state index contributed by atoms with van der Waals surface area (Å²) in [6.07, 6.45) is 1.79. The minimum atomic E-state index is -0.147. The molecule has 2 rings (SSSR count). The van der Waals surface area contributed by atoms with E-state index in [2.05, 4.69) is 45.1 Å². The van der Waals surface area contributed by atoms with Gasteiger partial charge < -0.3 is 10.1 Å². The molecule has 1 fully saturated rings. The van der Waals surface area contributed by atoms with Crippen molar-refractivity contribution in [3.05, 3.63) is 21.0 Å². The molecule has 0 saturated carbocycles. The smallest absolute Gasteiger partial charge is 0.282 e. The van der Waals surface area contributed by atoms with E-state index in [1.807, 2.05) is 0 Å². The van der Waals surface area contributed by atoms with Crippen molar-refractivity contribution in [3.63, 3.8) is 0 Å². The Morgan fingerprint density at radius 1 is 1.57 bits per heavy atom. The van der Waals surface area contributed by atoms with Gasteiger partial charge in [-0.2, -0.15) is 5.10 Å². The lowest BCUT2D eigenvalue weighted by molar-refractivity contribution is -0.0244. The van der Waals surface area contributed by atoms with Gasteiger partial charge in [0.15, 0.2) is 0 Å². The van der Waals surface area contributed by atoms with Gasteiger partial charge >= 0.3 is 0 Å². The lowest BCUT2D eigenvalue weighted by Crippen LogP contribution is -2.46. The highest BCUT2D eigenvalue weighted by Crippen LogP contribution is 2.16. The Labute approximate surface area is 133 Å². The predicted molar refractivity (Wildman–Crippen MR) is 86.7 cm³/mol. The van der Waals surface area contributed by atoms with Crippen LogP contribution < -0.4 is 10.9 Å². The molecule has 1 aliphatic heterocycles. The third-order valence-electron chi connectivity index (χ3n) is 3.44. The van der Waals surface area contributed by atoms with Crippen molar-refractivity contribution < 1.29 is 4.74 Å². The van der Waals surface area contributed by atoms with Gasteiger partial charge in [0.05, 0.1) is 24.6 Å². The van der Waals surface area contributed by atoms with Crippen LogP contribution in [-0.4, -0.2) is 53.6 Å². The van der Waals surface area contributed by atoms with Crippen molar-refractivity contribution in [3.8, 4) is 0 Å². The average Bonchev–Trinajstić information content (AvgIpc) is 2.44. The molecule has 21 heavy (non-hydrogen) atoms. The lowest BCUT2D eigenvalue weighted by atomic mass is 10.2. The minimum Gasteiger partial charge on any atom is -0.380 e. The van der Waals surface area contributed by atoms with Crippen molar-refractivity contribution in [1.82, 2.24) is 14.7 Å². The van der Waals surface area contributed by atoms with Crippen LogP contribution in [0.3, 0.4) is 0 Å². The Morgan fingerprint density at radius 2 is 2.33 bits per heavy atom. The molecule has 7 heteroatoms. The Morgan fingerprint density at radius 3 is 3.05 bits per heavy atom. The summed E-state index contributed by atoms with van der Waals surface area (Å²) in [4.78, 5) is 14.2. The number of hydrogen-bond donors (Lipinski definition) is 1. The largest absolute Gasteiger partial charge is 0.380 e. The van der Waals surface area contributed by atoms with Crippen molar-refractivity contribution in [2.24, 2.45) is 13.0 Å². The van der Waals surface area contributed by atoms with E-state index in [1.165, 1.54) is 4.68 Å². The van der Waals surface area contributed by atoms with E-state index in [1.54, 1.807) is 13.2 Å². The van der Waals surface area contributed by atoms with Crippen molar-refractivity contribution in [2.45, 2.75) is 20.0 Å². The first-order valence-electron chi connectivity index (χ1n) is 7.27. The summed E-state index contributed by atoms with van der Waals surface area (Å²) in [5, 5.41) is 7.27. The number of aromatic nitrogens is 2. The van der Waals surface area contributed by atoms with Gasteiger partial charge in [-0.25, -0.2) is 4.68 Å². The van der Waals surface area contributed by atoms with Crippen LogP contribution in [0.2, 0.25) is 0 Å². The molecule has 1 N–H and O–H groups in total. The molecule has 0 spiro atoms. The minimum absolute atomic E-state index is 0.133. The molecule has 118 valence electrons. The summed E-state index contributed by atoms with van der Waals surface area (Å²) >= 11 is 3.31. The molecule has 1 aromatic heterocycles. The molecule has 0 aromatic carbocycles. The zero-order valence-corrected chi connectivity index (χ0v) is 14.4. The first kappa shape index (κ1) is 16.5. The van der Waals surface area contributed by atoms with Crippen LogP contribution >= 0.6 is 15.9 Å². The number of aryl methyl sites for hydroxylation is 1. The molecular weight excluding hydrogens is 336 g/mol. The van der Waals surface area contributed by atoms with Gasteiger partial charge in [-0.15, -0.1) is 0 Å². The number of ether oxygens (including phenoxy) is 1. The zero-order chi connectivity index (χ0) is 15.4. The standard InChI is InChI=1S/C14H23BrN4O2/c1-10(2)8-19-4-5-21-11(9-19)6-16-12-7-17-18(3)14(20)13(12)15/h7,10-11,16H,4-6,8-9H2,1-3H3. The highest BCUT2D eigenvalue weighted by Gasteiger charge is 2.21. The normalized spacial score (nSPS) is 20.0. The maximum Gasteiger partial charge on any atom is 0.282 e. The molecule has 6 nitrogen and oxygen atoms in total. The molecule has 0 bridgehead atoms. The van der Waals surface area contributed by atoms with Gasteiger partial charge in [0, 0.05) is 33.2 Å². The maximum absolute atomic E-state index is 11.8. The first-order valence-corrected chi connectivity index (χ1v) is 8.06. The van der Waals surface area contributed by atoms with E-state index < -0.39 is 0 Å². The number of hydrogen-bond acceptors (Lipinski definition) is 5. The summed E-state index contributed by atoms with van der Waals surface area (Å²) in [6.45, 7) is 8.89. The van der Waals surface area contributed by atoms with Crippen molar-refractivity contribution >= 4 is 21.6 Å². The summed E-state index contributed by atoms with van der Waals surface area (Å²) < 4.78 is 7.59. The predicted octanol–water partition coefficient (Wildman–Crippen LogP) is 1.31. The number of halogens is 1. The topological polar surface area (TPSA) is 59.4 Å². The Kier molecular flexibility index (Phi) is 5.78. The van der Waals surface area contributed by atoms with Crippen LogP contribution in [0.15, 0.2) is 15.5 Å². The molecule has 0 aliphatic carbocycles. The third kappa shape index (κ3) is 4.52. The SMILES string of the molecule is CC(C)CN1CCOC(CNc2cnn(C)c(=O)c2Br)C1. The fraction of sp³-hybridized carbons (Fsp3) is 0.714. The van der Waals surface area contributed by atoms with E-state index in [-0.39, 0.29) is 11.7 Å². The summed E-state index contributed by atoms with van der Waals surface area (Å²) in [5.74, 6) is 0.659. The van der Waals surface area contributed by atoms with Crippen LogP contribution in [0, 0.1) is 5.92 Å². The Bertz CT molecular complexity index is 532. The first-order chi connectivity index (χ1) is 9.97. The molecule has 1 aliphatic rings. The van der Waals surface area contributed by atoms with Gasteiger partial charge in [0.25, 0.3) is 5.56 Å². The molecule has 1 unspecified atom stereocenters. The number of morpholine rings is 1. The van der Waals surface area contributed by atoms with E-state index >= 15 is 0 Å². The Hall–Kier alpha value is -0.920. The van der Waals surface area contributed by atoms with Gasteiger partial charge in [-0.05, 0) is 21.8 Å². The van der Waals surface area contributed by atoms with E-state index in [9.17, 15) is 4.79 Å². The van der Waals surface area contributed by atoms with Crippen molar-refractivity contribution in [1.29, 1.82) is 0 Å². The molecule has 1 saturated heterocycles.